The third kappa shape index (κ3) is 5.98. The van der Waals surface area contributed by atoms with E-state index in [9.17, 15) is 0 Å². The van der Waals surface area contributed by atoms with Crippen LogP contribution in [0.4, 0.5) is 17.1 Å². The molecular formula is C58H37NO2. The summed E-state index contributed by atoms with van der Waals surface area (Å²) < 4.78 is 13.3. The van der Waals surface area contributed by atoms with Crippen molar-refractivity contribution in [1.29, 1.82) is 0 Å². The Morgan fingerprint density at radius 2 is 0.803 bits per heavy atom. The first kappa shape index (κ1) is 34.9. The largest absolute Gasteiger partial charge is 0.456 e. The van der Waals surface area contributed by atoms with E-state index >= 15 is 0 Å². The summed E-state index contributed by atoms with van der Waals surface area (Å²) in [5, 5.41) is 6.90. The van der Waals surface area contributed by atoms with Gasteiger partial charge in [-0.3, -0.25) is 0 Å². The number of hydrogen-bond donors (Lipinski definition) is 0. The smallest absolute Gasteiger partial charge is 0.143 e. The van der Waals surface area contributed by atoms with Crippen LogP contribution in [-0.4, -0.2) is 0 Å². The van der Waals surface area contributed by atoms with Gasteiger partial charge in [-0.05, 0) is 98.8 Å². The maximum Gasteiger partial charge on any atom is 0.143 e. The summed E-state index contributed by atoms with van der Waals surface area (Å²) in [5.41, 5.74) is 15.7. The van der Waals surface area contributed by atoms with E-state index < -0.39 is 0 Å². The molecule has 0 fully saturated rings. The molecule has 10 aromatic carbocycles. The highest BCUT2D eigenvalue weighted by atomic mass is 16.3. The monoisotopic (exact) mass is 779 g/mol. The molecule has 12 rings (SSSR count). The van der Waals surface area contributed by atoms with Crippen LogP contribution in [0.2, 0.25) is 0 Å². The number of fused-ring (bicyclic) bond motifs is 7. The fourth-order valence-electron chi connectivity index (χ4n) is 9.11. The highest BCUT2D eigenvalue weighted by Crippen LogP contribution is 2.44. The second-order valence-corrected chi connectivity index (χ2v) is 15.7. The van der Waals surface area contributed by atoms with Gasteiger partial charge in [0.05, 0.1) is 0 Å². The van der Waals surface area contributed by atoms with Crippen molar-refractivity contribution in [2.75, 3.05) is 4.90 Å². The third-order valence-electron chi connectivity index (χ3n) is 12.1. The van der Waals surface area contributed by atoms with Gasteiger partial charge in [-0.2, -0.15) is 0 Å². The summed E-state index contributed by atoms with van der Waals surface area (Å²) in [7, 11) is 0. The van der Waals surface area contributed by atoms with Crippen LogP contribution in [0.15, 0.2) is 233 Å². The van der Waals surface area contributed by atoms with Crippen molar-refractivity contribution in [2.24, 2.45) is 0 Å². The van der Waals surface area contributed by atoms with Crippen LogP contribution in [0, 0.1) is 0 Å². The van der Waals surface area contributed by atoms with Crippen molar-refractivity contribution in [2.45, 2.75) is 0 Å². The zero-order valence-electron chi connectivity index (χ0n) is 33.1. The van der Waals surface area contributed by atoms with Crippen LogP contribution in [0.25, 0.3) is 99.2 Å². The van der Waals surface area contributed by atoms with Crippen LogP contribution in [0.3, 0.4) is 0 Å². The van der Waals surface area contributed by atoms with Crippen LogP contribution in [0.1, 0.15) is 0 Å². The first-order valence-corrected chi connectivity index (χ1v) is 20.7. The molecular weight excluding hydrogens is 743 g/mol. The predicted molar refractivity (Wildman–Crippen MR) is 255 cm³/mol. The van der Waals surface area contributed by atoms with E-state index in [2.05, 4.69) is 217 Å². The summed E-state index contributed by atoms with van der Waals surface area (Å²) in [6.45, 7) is 0. The molecule has 2 aromatic heterocycles. The van der Waals surface area contributed by atoms with Crippen LogP contribution in [0.5, 0.6) is 0 Å². The highest BCUT2D eigenvalue weighted by Gasteiger charge is 2.20. The van der Waals surface area contributed by atoms with Crippen molar-refractivity contribution < 1.29 is 8.83 Å². The molecule has 0 bridgehead atoms. The van der Waals surface area contributed by atoms with Crippen molar-refractivity contribution in [1.82, 2.24) is 0 Å². The zero-order valence-corrected chi connectivity index (χ0v) is 33.1. The molecule has 2 heterocycles. The molecule has 0 aliphatic carbocycles. The van der Waals surface area contributed by atoms with Gasteiger partial charge in [-0.1, -0.05) is 164 Å². The summed E-state index contributed by atoms with van der Waals surface area (Å²) >= 11 is 0. The number of anilines is 3. The standard InChI is InChI=1S/C58H37NO2/c1-3-13-40(14-4-1)49-22-12-23-52-54-36-43(35-53(58(54)61-57(49)52)41-15-5-2-6-16-41)38-25-29-44(30-26-38)59(46-33-34-51-50-20-9-10-24-55(50)60-56(51)37-46)45-31-27-42(28-32-45)48-21-11-18-39-17-7-8-19-47(39)48/h1-37H. The van der Waals surface area contributed by atoms with Gasteiger partial charge >= 0.3 is 0 Å². The zero-order chi connectivity index (χ0) is 40.3. The second-order valence-electron chi connectivity index (χ2n) is 15.7. The molecule has 0 aliphatic rings. The van der Waals surface area contributed by atoms with E-state index in [-0.39, 0.29) is 0 Å². The highest BCUT2D eigenvalue weighted by molar-refractivity contribution is 6.14. The molecule has 3 heteroatoms. The third-order valence-corrected chi connectivity index (χ3v) is 12.1. The number of para-hydroxylation sites is 2. The van der Waals surface area contributed by atoms with E-state index in [1.54, 1.807) is 0 Å². The fraction of sp³-hybridized carbons (Fsp3) is 0. The number of benzene rings is 10. The first-order chi connectivity index (χ1) is 30.2. The fourth-order valence-corrected chi connectivity index (χ4v) is 9.11. The molecule has 0 saturated heterocycles. The lowest BCUT2D eigenvalue weighted by molar-refractivity contribution is 0.669. The Bertz CT molecular complexity index is 3560. The van der Waals surface area contributed by atoms with Crippen molar-refractivity contribution >= 4 is 71.7 Å². The lowest BCUT2D eigenvalue weighted by Gasteiger charge is -2.26. The normalized spacial score (nSPS) is 11.6. The molecule has 0 unspecified atom stereocenters. The summed E-state index contributed by atoms with van der Waals surface area (Å²) in [6, 6.07) is 79.8. The maximum absolute atomic E-state index is 6.86. The molecule has 0 aliphatic heterocycles. The van der Waals surface area contributed by atoms with Gasteiger partial charge < -0.3 is 13.7 Å². The first-order valence-electron chi connectivity index (χ1n) is 20.7. The lowest BCUT2D eigenvalue weighted by Crippen LogP contribution is -2.09. The summed E-state index contributed by atoms with van der Waals surface area (Å²) in [6.07, 6.45) is 0. The molecule has 0 atom stereocenters. The number of nitrogens with zero attached hydrogens (tertiary/aromatic N) is 1. The topological polar surface area (TPSA) is 29.5 Å². The minimum atomic E-state index is 0.859. The Labute approximate surface area is 353 Å². The van der Waals surface area contributed by atoms with Crippen molar-refractivity contribution in [3.8, 4) is 44.5 Å². The Balaban J connectivity index is 0.990. The van der Waals surface area contributed by atoms with E-state index in [0.29, 0.717) is 0 Å². The van der Waals surface area contributed by atoms with E-state index in [1.807, 2.05) is 12.1 Å². The molecule has 0 N–H and O–H groups in total. The van der Waals surface area contributed by atoms with E-state index in [4.69, 9.17) is 8.83 Å². The average Bonchev–Trinajstić information content (AvgIpc) is 3.90. The molecule has 0 saturated carbocycles. The second kappa shape index (κ2) is 14.3. The Morgan fingerprint density at radius 1 is 0.262 bits per heavy atom. The minimum Gasteiger partial charge on any atom is -0.456 e. The van der Waals surface area contributed by atoms with E-state index in [0.717, 1.165) is 94.3 Å². The van der Waals surface area contributed by atoms with Crippen molar-refractivity contribution in [3.63, 3.8) is 0 Å². The Morgan fingerprint density at radius 3 is 1.57 bits per heavy atom. The SMILES string of the molecule is c1ccc(-c2cccc3c2oc2c(-c4ccccc4)cc(-c4ccc(N(c5ccc(-c6cccc7ccccc67)cc5)c5ccc6c(c5)oc5ccccc56)cc4)cc23)cc1. The van der Waals surface area contributed by atoms with Gasteiger partial charge in [0, 0.05) is 55.8 Å². The van der Waals surface area contributed by atoms with Crippen LogP contribution in [-0.2, 0) is 0 Å². The van der Waals surface area contributed by atoms with Gasteiger partial charge in [0.2, 0.25) is 0 Å². The van der Waals surface area contributed by atoms with Gasteiger partial charge in [-0.25, -0.2) is 0 Å². The molecule has 0 radical (unpaired) electrons. The molecule has 61 heavy (non-hydrogen) atoms. The Hall–Kier alpha value is -8.14. The van der Waals surface area contributed by atoms with Gasteiger partial charge in [0.15, 0.2) is 0 Å². The quantitative estimate of drug-likeness (QED) is 0.161. The van der Waals surface area contributed by atoms with Crippen LogP contribution >= 0.6 is 0 Å². The maximum atomic E-state index is 6.86. The average molecular weight is 780 g/mol. The van der Waals surface area contributed by atoms with Crippen molar-refractivity contribution in [3.05, 3.63) is 224 Å². The van der Waals surface area contributed by atoms with Gasteiger partial charge in [0.1, 0.15) is 22.3 Å². The molecule has 0 spiro atoms. The molecule has 286 valence electrons. The van der Waals surface area contributed by atoms with Gasteiger partial charge in [0.25, 0.3) is 0 Å². The Kier molecular flexibility index (Phi) is 8.17. The van der Waals surface area contributed by atoms with Gasteiger partial charge in [-0.15, -0.1) is 0 Å². The molecule has 3 nitrogen and oxygen atoms in total. The number of hydrogen-bond acceptors (Lipinski definition) is 3. The number of rotatable bonds is 7. The van der Waals surface area contributed by atoms with E-state index in [1.165, 1.54) is 21.9 Å². The predicted octanol–water partition coefficient (Wildman–Crippen LogP) is 16.8. The molecule has 12 aromatic rings. The summed E-state index contributed by atoms with van der Waals surface area (Å²) in [4.78, 5) is 2.32. The number of furan rings is 2. The minimum absolute atomic E-state index is 0.859. The lowest BCUT2D eigenvalue weighted by atomic mass is 9.95. The van der Waals surface area contributed by atoms with Crippen LogP contribution < -0.4 is 4.90 Å². The summed E-state index contributed by atoms with van der Waals surface area (Å²) in [5.74, 6) is 0. The molecule has 0 amide bonds.